The van der Waals surface area contributed by atoms with E-state index < -0.39 is 0 Å². The van der Waals surface area contributed by atoms with E-state index in [-0.39, 0.29) is 0 Å². The monoisotopic (exact) mass is 336 g/mol. The molecule has 0 unspecified atom stereocenters. The van der Waals surface area contributed by atoms with E-state index in [2.05, 4.69) is 35.0 Å². The molecule has 0 saturated carbocycles. The van der Waals surface area contributed by atoms with Gasteiger partial charge in [-0.15, -0.1) is 0 Å². The highest BCUT2D eigenvalue weighted by Gasteiger charge is 2.07. The molecule has 0 aromatic heterocycles. The molecular weight excluding hydrogens is 316 g/mol. The lowest BCUT2D eigenvalue weighted by Crippen LogP contribution is -2.00. The van der Waals surface area contributed by atoms with Gasteiger partial charge in [-0.2, -0.15) is 0 Å². The Morgan fingerprint density at radius 3 is 1.90 bits per heavy atom. The number of hydrogen-bond donors (Lipinski definition) is 0. The molecule has 0 heterocycles. The fraction of sp³-hybridized carbons (Fsp3) is 0.412. The standard InChI is InChI=1S/C17H21BrO2/c1-2-3-12-19-16-9-10-17(20-13-6-11-18)15-8-5-4-7-14(15)16/h4-5,7-10H,2-3,6,11-13H2,1H3. The van der Waals surface area contributed by atoms with Crippen LogP contribution in [0.1, 0.15) is 26.2 Å². The van der Waals surface area contributed by atoms with E-state index in [4.69, 9.17) is 9.47 Å². The van der Waals surface area contributed by atoms with Gasteiger partial charge in [0.2, 0.25) is 0 Å². The molecule has 0 aliphatic rings. The highest BCUT2D eigenvalue weighted by Crippen LogP contribution is 2.33. The summed E-state index contributed by atoms with van der Waals surface area (Å²) in [4.78, 5) is 0. The Balaban J connectivity index is 2.22. The van der Waals surface area contributed by atoms with Gasteiger partial charge in [-0.1, -0.05) is 53.5 Å². The first-order valence-electron chi connectivity index (χ1n) is 7.20. The van der Waals surface area contributed by atoms with Gasteiger partial charge in [0.1, 0.15) is 11.5 Å². The van der Waals surface area contributed by atoms with E-state index in [0.29, 0.717) is 0 Å². The van der Waals surface area contributed by atoms with E-state index in [9.17, 15) is 0 Å². The van der Waals surface area contributed by atoms with Crippen molar-refractivity contribution in [3.8, 4) is 11.5 Å². The third-order valence-electron chi connectivity index (χ3n) is 3.14. The summed E-state index contributed by atoms with van der Waals surface area (Å²) in [5, 5.41) is 3.21. The van der Waals surface area contributed by atoms with Crippen LogP contribution >= 0.6 is 15.9 Å². The van der Waals surface area contributed by atoms with E-state index in [0.717, 1.165) is 60.1 Å². The molecule has 0 atom stereocenters. The molecule has 0 aliphatic carbocycles. The number of fused-ring (bicyclic) bond motifs is 1. The van der Waals surface area contributed by atoms with Gasteiger partial charge in [-0.05, 0) is 25.0 Å². The van der Waals surface area contributed by atoms with Gasteiger partial charge in [-0.3, -0.25) is 0 Å². The molecule has 20 heavy (non-hydrogen) atoms. The zero-order valence-electron chi connectivity index (χ0n) is 11.9. The Bertz CT molecular complexity index is 491. The third kappa shape index (κ3) is 3.89. The van der Waals surface area contributed by atoms with Crippen LogP contribution in [0.2, 0.25) is 0 Å². The largest absolute Gasteiger partial charge is 0.493 e. The fourth-order valence-electron chi connectivity index (χ4n) is 2.06. The minimum absolute atomic E-state index is 0.727. The molecule has 108 valence electrons. The van der Waals surface area contributed by atoms with Crippen LogP contribution in [0.3, 0.4) is 0 Å². The van der Waals surface area contributed by atoms with Crippen LogP contribution in [0.15, 0.2) is 36.4 Å². The molecular formula is C17H21BrO2. The summed E-state index contributed by atoms with van der Waals surface area (Å²) in [7, 11) is 0. The minimum Gasteiger partial charge on any atom is -0.493 e. The number of halogens is 1. The molecule has 0 N–H and O–H groups in total. The first-order valence-corrected chi connectivity index (χ1v) is 8.32. The summed E-state index contributed by atoms with van der Waals surface area (Å²) in [6.07, 6.45) is 3.23. The van der Waals surface area contributed by atoms with Crippen LogP contribution in [-0.2, 0) is 0 Å². The van der Waals surface area contributed by atoms with Gasteiger partial charge < -0.3 is 9.47 Å². The second-order valence-corrected chi connectivity index (χ2v) is 5.49. The van der Waals surface area contributed by atoms with Gasteiger partial charge in [0.05, 0.1) is 13.2 Å². The molecule has 0 radical (unpaired) electrons. The van der Waals surface area contributed by atoms with E-state index in [1.165, 1.54) is 0 Å². The Kier molecular flexibility index (Phi) is 6.19. The lowest BCUT2D eigenvalue weighted by Gasteiger charge is -2.13. The number of unbranched alkanes of at least 4 members (excludes halogenated alkanes) is 1. The lowest BCUT2D eigenvalue weighted by atomic mass is 10.1. The molecule has 0 spiro atoms. The van der Waals surface area contributed by atoms with Crippen molar-refractivity contribution in [3.05, 3.63) is 36.4 Å². The van der Waals surface area contributed by atoms with Crippen molar-refractivity contribution in [2.45, 2.75) is 26.2 Å². The molecule has 0 saturated heterocycles. The first-order chi connectivity index (χ1) is 9.86. The lowest BCUT2D eigenvalue weighted by molar-refractivity contribution is 0.309. The summed E-state index contributed by atoms with van der Waals surface area (Å²) >= 11 is 3.42. The van der Waals surface area contributed by atoms with Crippen LogP contribution in [0.5, 0.6) is 11.5 Å². The van der Waals surface area contributed by atoms with Crippen LogP contribution in [0.4, 0.5) is 0 Å². The number of alkyl halides is 1. The maximum Gasteiger partial charge on any atom is 0.127 e. The van der Waals surface area contributed by atoms with Crippen molar-refractivity contribution in [2.75, 3.05) is 18.5 Å². The normalized spacial score (nSPS) is 10.7. The zero-order chi connectivity index (χ0) is 14.2. The highest BCUT2D eigenvalue weighted by molar-refractivity contribution is 9.09. The third-order valence-corrected chi connectivity index (χ3v) is 3.70. The summed E-state index contributed by atoms with van der Waals surface area (Å²) in [6.45, 7) is 3.66. The van der Waals surface area contributed by atoms with Crippen molar-refractivity contribution in [2.24, 2.45) is 0 Å². The van der Waals surface area contributed by atoms with E-state index >= 15 is 0 Å². The molecule has 0 bridgehead atoms. The van der Waals surface area contributed by atoms with Gasteiger partial charge in [0, 0.05) is 16.1 Å². The minimum atomic E-state index is 0.727. The van der Waals surface area contributed by atoms with Crippen molar-refractivity contribution in [3.63, 3.8) is 0 Å². The zero-order valence-corrected chi connectivity index (χ0v) is 13.5. The Morgan fingerprint density at radius 1 is 0.850 bits per heavy atom. The summed E-state index contributed by atoms with van der Waals surface area (Å²) < 4.78 is 11.7. The maximum atomic E-state index is 5.88. The first kappa shape index (κ1) is 15.2. The maximum absolute atomic E-state index is 5.88. The highest BCUT2D eigenvalue weighted by atomic mass is 79.9. The Morgan fingerprint density at radius 2 is 1.40 bits per heavy atom. The van der Waals surface area contributed by atoms with Crippen molar-refractivity contribution in [1.82, 2.24) is 0 Å². The Labute approximate surface area is 129 Å². The molecule has 0 fully saturated rings. The second kappa shape index (κ2) is 8.15. The summed E-state index contributed by atoms with van der Waals surface area (Å²) in [5.74, 6) is 1.88. The predicted molar refractivity (Wildman–Crippen MR) is 88.3 cm³/mol. The predicted octanol–water partition coefficient (Wildman–Crippen LogP) is 5.18. The number of benzene rings is 2. The molecule has 2 aromatic rings. The van der Waals surface area contributed by atoms with Gasteiger partial charge in [0.15, 0.2) is 0 Å². The van der Waals surface area contributed by atoms with Crippen molar-refractivity contribution in [1.29, 1.82) is 0 Å². The second-order valence-electron chi connectivity index (χ2n) is 4.70. The summed E-state index contributed by atoms with van der Waals surface area (Å²) in [5.41, 5.74) is 0. The fourth-order valence-corrected chi connectivity index (χ4v) is 2.29. The van der Waals surface area contributed by atoms with Crippen LogP contribution < -0.4 is 9.47 Å². The molecule has 2 nitrogen and oxygen atoms in total. The molecule has 2 aromatic carbocycles. The van der Waals surface area contributed by atoms with Gasteiger partial charge in [0.25, 0.3) is 0 Å². The van der Waals surface area contributed by atoms with Crippen molar-refractivity contribution < 1.29 is 9.47 Å². The molecule has 0 amide bonds. The van der Waals surface area contributed by atoms with Crippen LogP contribution in [0.25, 0.3) is 10.8 Å². The molecule has 0 aliphatic heterocycles. The topological polar surface area (TPSA) is 18.5 Å². The molecule has 3 heteroatoms. The quantitative estimate of drug-likeness (QED) is 0.488. The number of hydrogen-bond acceptors (Lipinski definition) is 2. The van der Waals surface area contributed by atoms with Crippen LogP contribution in [-0.4, -0.2) is 18.5 Å². The van der Waals surface area contributed by atoms with Crippen molar-refractivity contribution >= 4 is 26.7 Å². The smallest absolute Gasteiger partial charge is 0.127 e. The number of rotatable bonds is 8. The SMILES string of the molecule is CCCCOc1ccc(OCCCBr)c2ccccc12. The van der Waals surface area contributed by atoms with Gasteiger partial charge >= 0.3 is 0 Å². The van der Waals surface area contributed by atoms with E-state index in [1.54, 1.807) is 0 Å². The van der Waals surface area contributed by atoms with Crippen LogP contribution in [0, 0.1) is 0 Å². The number of ether oxygens (including phenoxy) is 2. The summed E-state index contributed by atoms with van der Waals surface area (Å²) in [6, 6.07) is 12.3. The van der Waals surface area contributed by atoms with E-state index in [1.807, 2.05) is 24.3 Å². The Hall–Kier alpha value is -1.22. The van der Waals surface area contributed by atoms with Gasteiger partial charge in [-0.25, -0.2) is 0 Å². The molecule has 2 rings (SSSR count). The average Bonchev–Trinajstić information content (AvgIpc) is 2.49. The average molecular weight is 337 g/mol.